The number of aryl methyl sites for hydroxylation is 1. The Morgan fingerprint density at radius 3 is 2.80 bits per heavy atom. The van der Waals surface area contributed by atoms with Crippen LogP contribution >= 0.6 is 11.3 Å². The van der Waals surface area contributed by atoms with Gasteiger partial charge >= 0.3 is 0 Å². The van der Waals surface area contributed by atoms with Gasteiger partial charge in [0.2, 0.25) is 0 Å². The van der Waals surface area contributed by atoms with Crippen LogP contribution in [0, 0.1) is 6.92 Å². The molecule has 0 amide bonds. The predicted octanol–water partition coefficient (Wildman–Crippen LogP) is 3.70. The predicted molar refractivity (Wildman–Crippen MR) is 83.0 cm³/mol. The lowest BCUT2D eigenvalue weighted by Crippen LogP contribution is -1.91. The summed E-state index contributed by atoms with van der Waals surface area (Å²) in [5.41, 5.74) is 10.2. The number of hydrogen-bond donors (Lipinski definition) is 2. The van der Waals surface area contributed by atoms with Gasteiger partial charge < -0.3 is 10.5 Å². The number of nitrogen functional groups attached to an aromatic ring is 1. The molecule has 0 atom stereocenters. The quantitative estimate of drug-likeness (QED) is 0.771. The number of benzene rings is 1. The molecule has 5 heteroatoms. The van der Waals surface area contributed by atoms with Gasteiger partial charge in [0.25, 0.3) is 0 Å². The molecule has 3 aromatic rings. The smallest absolute Gasteiger partial charge is 0.153 e. The average molecular weight is 285 g/mol. The molecule has 0 aliphatic heterocycles. The van der Waals surface area contributed by atoms with Gasteiger partial charge in [0, 0.05) is 0 Å². The van der Waals surface area contributed by atoms with Gasteiger partial charge in [-0.15, -0.1) is 11.3 Å². The highest BCUT2D eigenvalue weighted by atomic mass is 32.1. The number of aromatic nitrogens is 2. The number of anilines is 1. The van der Waals surface area contributed by atoms with Crippen molar-refractivity contribution in [1.29, 1.82) is 0 Å². The summed E-state index contributed by atoms with van der Waals surface area (Å²) in [6, 6.07) is 10.1. The molecule has 0 fully saturated rings. The highest BCUT2D eigenvalue weighted by Gasteiger charge is 2.19. The lowest BCUT2D eigenvalue weighted by Gasteiger charge is -2.08. The van der Waals surface area contributed by atoms with E-state index in [1.165, 1.54) is 0 Å². The lowest BCUT2D eigenvalue weighted by atomic mass is 9.99. The van der Waals surface area contributed by atoms with Crippen molar-refractivity contribution in [3.8, 4) is 27.4 Å². The lowest BCUT2D eigenvalue weighted by molar-refractivity contribution is 0.418. The average Bonchev–Trinajstić information content (AvgIpc) is 3.05. The van der Waals surface area contributed by atoms with E-state index >= 15 is 0 Å². The molecule has 1 aromatic carbocycles. The zero-order valence-corrected chi connectivity index (χ0v) is 12.1. The zero-order chi connectivity index (χ0) is 14.1. The molecule has 4 nitrogen and oxygen atoms in total. The van der Waals surface area contributed by atoms with Crippen molar-refractivity contribution in [2.45, 2.75) is 6.92 Å². The highest BCUT2D eigenvalue weighted by molar-refractivity contribution is 7.14. The van der Waals surface area contributed by atoms with Crippen molar-refractivity contribution in [2.75, 3.05) is 12.8 Å². The fourth-order valence-corrected chi connectivity index (χ4v) is 3.15. The molecule has 2 aromatic heterocycles. The molecule has 2 heterocycles. The molecular formula is C15H15N3OS. The molecule has 0 saturated carbocycles. The molecule has 0 aliphatic carbocycles. The summed E-state index contributed by atoms with van der Waals surface area (Å²) < 4.78 is 5.39. The van der Waals surface area contributed by atoms with E-state index in [0.29, 0.717) is 5.82 Å². The standard InChI is InChI=1S/C15H15N3OS/c1-9-5-3-4-6-10(9)12-13(17-18-15(12)16)14-11(19-2)7-8-20-14/h3-8H,1-2H3,(H3,16,17,18). The van der Waals surface area contributed by atoms with Gasteiger partial charge in [-0.3, -0.25) is 5.10 Å². The van der Waals surface area contributed by atoms with E-state index in [4.69, 9.17) is 10.5 Å². The van der Waals surface area contributed by atoms with E-state index in [-0.39, 0.29) is 0 Å². The Kier molecular flexibility index (Phi) is 3.20. The third-order valence-corrected chi connectivity index (χ3v) is 4.20. The minimum Gasteiger partial charge on any atom is -0.495 e. The molecule has 0 radical (unpaired) electrons. The minimum absolute atomic E-state index is 0.504. The van der Waals surface area contributed by atoms with Gasteiger partial charge in [-0.05, 0) is 29.5 Å². The third kappa shape index (κ3) is 1.96. The Hall–Kier alpha value is -2.27. The maximum absolute atomic E-state index is 6.06. The number of nitrogens with two attached hydrogens (primary N) is 1. The number of nitrogens with zero attached hydrogens (tertiary/aromatic N) is 1. The maximum atomic E-state index is 6.06. The van der Waals surface area contributed by atoms with Crippen molar-refractivity contribution < 1.29 is 4.74 Å². The summed E-state index contributed by atoms with van der Waals surface area (Å²) >= 11 is 1.60. The van der Waals surface area contributed by atoms with Crippen LogP contribution in [0.1, 0.15) is 5.56 Å². The van der Waals surface area contributed by atoms with Crippen LogP contribution in [-0.4, -0.2) is 17.3 Å². The van der Waals surface area contributed by atoms with Gasteiger partial charge in [0.05, 0.1) is 23.2 Å². The summed E-state index contributed by atoms with van der Waals surface area (Å²) in [5, 5.41) is 9.19. The Balaban J connectivity index is 2.23. The summed E-state index contributed by atoms with van der Waals surface area (Å²) in [6.07, 6.45) is 0. The second kappa shape index (κ2) is 5.02. The molecule has 20 heavy (non-hydrogen) atoms. The number of methoxy groups -OCH3 is 1. The van der Waals surface area contributed by atoms with E-state index in [0.717, 1.165) is 33.0 Å². The van der Waals surface area contributed by atoms with Crippen LogP contribution in [0.5, 0.6) is 5.75 Å². The van der Waals surface area contributed by atoms with Gasteiger partial charge in [0.15, 0.2) is 5.82 Å². The van der Waals surface area contributed by atoms with Crippen molar-refractivity contribution in [3.05, 3.63) is 41.3 Å². The fourth-order valence-electron chi connectivity index (χ4n) is 2.29. The molecule has 0 saturated heterocycles. The van der Waals surface area contributed by atoms with Crippen LogP contribution in [0.15, 0.2) is 35.7 Å². The monoisotopic (exact) mass is 285 g/mol. The van der Waals surface area contributed by atoms with Crippen molar-refractivity contribution in [3.63, 3.8) is 0 Å². The minimum atomic E-state index is 0.504. The summed E-state index contributed by atoms with van der Waals surface area (Å²) in [5.74, 6) is 1.33. The molecule has 3 rings (SSSR count). The van der Waals surface area contributed by atoms with Gasteiger partial charge in [-0.25, -0.2) is 0 Å². The first-order valence-electron chi connectivity index (χ1n) is 6.24. The van der Waals surface area contributed by atoms with Crippen molar-refractivity contribution >= 4 is 17.2 Å². The molecule has 0 aliphatic rings. The molecule has 102 valence electrons. The van der Waals surface area contributed by atoms with Crippen molar-refractivity contribution in [2.24, 2.45) is 0 Å². The Bertz CT molecular complexity index is 745. The number of ether oxygens (including phenoxy) is 1. The number of hydrogen-bond acceptors (Lipinski definition) is 4. The van der Waals surface area contributed by atoms with Crippen LogP contribution in [0.3, 0.4) is 0 Å². The second-order valence-electron chi connectivity index (χ2n) is 4.49. The largest absolute Gasteiger partial charge is 0.495 e. The van der Waals surface area contributed by atoms with E-state index in [1.54, 1.807) is 18.4 Å². The summed E-state index contributed by atoms with van der Waals surface area (Å²) in [4.78, 5) is 1.01. The SMILES string of the molecule is COc1ccsc1-c1[nH]nc(N)c1-c1ccccc1C. The molecule has 0 spiro atoms. The number of aromatic amines is 1. The first kappa shape index (κ1) is 12.7. The second-order valence-corrected chi connectivity index (χ2v) is 5.41. The van der Waals surface area contributed by atoms with Gasteiger partial charge in [-0.2, -0.15) is 5.10 Å². The van der Waals surface area contributed by atoms with E-state index in [9.17, 15) is 0 Å². The van der Waals surface area contributed by atoms with Crippen LogP contribution in [-0.2, 0) is 0 Å². The van der Waals surface area contributed by atoms with E-state index in [2.05, 4.69) is 29.3 Å². The Labute approximate surface area is 121 Å². The maximum Gasteiger partial charge on any atom is 0.153 e. The van der Waals surface area contributed by atoms with Crippen LogP contribution < -0.4 is 10.5 Å². The Morgan fingerprint density at radius 1 is 1.25 bits per heavy atom. The molecule has 0 unspecified atom stereocenters. The number of nitrogens with one attached hydrogen (secondary N) is 1. The molecular weight excluding hydrogens is 270 g/mol. The van der Waals surface area contributed by atoms with Gasteiger partial charge in [-0.1, -0.05) is 24.3 Å². The summed E-state index contributed by atoms with van der Waals surface area (Å²) in [6.45, 7) is 2.07. The number of H-pyrrole nitrogens is 1. The first-order chi connectivity index (χ1) is 9.72. The first-order valence-corrected chi connectivity index (χ1v) is 7.12. The number of rotatable bonds is 3. The van der Waals surface area contributed by atoms with Crippen LogP contribution in [0.25, 0.3) is 21.7 Å². The highest BCUT2D eigenvalue weighted by Crippen LogP contribution is 2.42. The molecule has 3 N–H and O–H groups in total. The fraction of sp³-hybridized carbons (Fsp3) is 0.133. The zero-order valence-electron chi connectivity index (χ0n) is 11.3. The topological polar surface area (TPSA) is 63.9 Å². The summed E-state index contributed by atoms with van der Waals surface area (Å²) in [7, 11) is 1.67. The Morgan fingerprint density at radius 2 is 2.05 bits per heavy atom. The van der Waals surface area contributed by atoms with Crippen molar-refractivity contribution in [1.82, 2.24) is 10.2 Å². The van der Waals surface area contributed by atoms with Crippen LogP contribution in [0.2, 0.25) is 0 Å². The normalized spacial score (nSPS) is 10.7. The van der Waals surface area contributed by atoms with Gasteiger partial charge in [0.1, 0.15) is 5.75 Å². The van der Waals surface area contributed by atoms with Crippen LogP contribution in [0.4, 0.5) is 5.82 Å². The van der Waals surface area contributed by atoms with E-state index in [1.807, 2.05) is 23.6 Å². The number of thiophene rings is 1. The third-order valence-electron chi connectivity index (χ3n) is 3.28. The van der Waals surface area contributed by atoms with E-state index < -0.39 is 0 Å². The molecule has 0 bridgehead atoms.